The Labute approximate surface area is 117 Å². The van der Waals surface area contributed by atoms with Gasteiger partial charge in [-0.3, -0.25) is 0 Å². The molecule has 0 aliphatic heterocycles. The Bertz CT molecular complexity index is 654. The number of benzene rings is 2. The predicted octanol–water partition coefficient (Wildman–Crippen LogP) is 4.54. The van der Waals surface area contributed by atoms with Crippen molar-refractivity contribution in [1.29, 1.82) is 0 Å². The third-order valence-electron chi connectivity index (χ3n) is 3.24. The van der Waals surface area contributed by atoms with Crippen molar-refractivity contribution in [3.63, 3.8) is 0 Å². The van der Waals surface area contributed by atoms with Crippen LogP contribution >= 0.6 is 11.3 Å². The zero-order chi connectivity index (χ0) is 13.1. The van der Waals surface area contributed by atoms with Gasteiger partial charge in [0.2, 0.25) is 0 Å². The molecule has 0 saturated heterocycles. The molecule has 3 rings (SSSR count). The maximum atomic E-state index is 5.80. The number of thiophene rings is 1. The SMILES string of the molecule is NCc1ccccc1-c1ccc(-c2cccs2)cc1. The number of rotatable bonds is 3. The molecular formula is C17H15NS. The van der Waals surface area contributed by atoms with E-state index in [4.69, 9.17) is 5.73 Å². The molecule has 19 heavy (non-hydrogen) atoms. The molecule has 0 atom stereocenters. The average Bonchev–Trinajstić information content (AvgIpc) is 3.02. The minimum absolute atomic E-state index is 0.572. The van der Waals surface area contributed by atoms with Gasteiger partial charge in [-0.1, -0.05) is 54.6 Å². The van der Waals surface area contributed by atoms with Gasteiger partial charge >= 0.3 is 0 Å². The van der Waals surface area contributed by atoms with Crippen molar-refractivity contribution in [1.82, 2.24) is 0 Å². The van der Waals surface area contributed by atoms with Gasteiger partial charge in [-0.15, -0.1) is 11.3 Å². The van der Waals surface area contributed by atoms with Gasteiger partial charge in [0, 0.05) is 11.4 Å². The summed E-state index contributed by atoms with van der Waals surface area (Å²) in [5, 5.41) is 2.10. The summed E-state index contributed by atoms with van der Waals surface area (Å²) in [6, 6.07) is 21.2. The molecule has 0 amide bonds. The molecule has 1 heterocycles. The minimum atomic E-state index is 0.572. The van der Waals surface area contributed by atoms with Crippen molar-refractivity contribution in [2.24, 2.45) is 5.73 Å². The molecule has 0 saturated carbocycles. The highest BCUT2D eigenvalue weighted by Gasteiger charge is 2.04. The lowest BCUT2D eigenvalue weighted by Crippen LogP contribution is -1.98. The summed E-state index contributed by atoms with van der Waals surface area (Å²) in [5.74, 6) is 0. The Hall–Kier alpha value is -1.90. The molecule has 94 valence electrons. The monoisotopic (exact) mass is 265 g/mol. The van der Waals surface area contributed by atoms with Crippen molar-refractivity contribution in [2.45, 2.75) is 6.54 Å². The standard InChI is InChI=1S/C17H15NS/c18-12-15-4-1-2-5-16(15)13-7-9-14(10-8-13)17-6-3-11-19-17/h1-11H,12,18H2. The van der Waals surface area contributed by atoms with Crippen LogP contribution in [0, 0.1) is 0 Å². The van der Waals surface area contributed by atoms with Crippen LogP contribution in [0.5, 0.6) is 0 Å². The van der Waals surface area contributed by atoms with Crippen LogP contribution in [-0.2, 0) is 6.54 Å². The lowest BCUT2D eigenvalue weighted by Gasteiger charge is -2.08. The smallest absolute Gasteiger partial charge is 0.0342 e. The fourth-order valence-corrected chi connectivity index (χ4v) is 2.97. The van der Waals surface area contributed by atoms with Crippen molar-refractivity contribution >= 4 is 11.3 Å². The summed E-state index contributed by atoms with van der Waals surface area (Å²) < 4.78 is 0. The van der Waals surface area contributed by atoms with Gasteiger partial charge < -0.3 is 5.73 Å². The zero-order valence-electron chi connectivity index (χ0n) is 10.5. The molecule has 0 aliphatic carbocycles. The molecule has 0 fully saturated rings. The average molecular weight is 265 g/mol. The number of hydrogen-bond donors (Lipinski definition) is 1. The third-order valence-corrected chi connectivity index (χ3v) is 4.16. The zero-order valence-corrected chi connectivity index (χ0v) is 11.4. The number of hydrogen-bond acceptors (Lipinski definition) is 2. The highest BCUT2D eigenvalue weighted by molar-refractivity contribution is 7.13. The van der Waals surface area contributed by atoms with E-state index >= 15 is 0 Å². The molecule has 0 unspecified atom stereocenters. The second kappa shape index (κ2) is 5.39. The largest absolute Gasteiger partial charge is 0.326 e. The van der Waals surface area contributed by atoms with Crippen LogP contribution in [0.1, 0.15) is 5.56 Å². The predicted molar refractivity (Wildman–Crippen MR) is 83.1 cm³/mol. The van der Waals surface area contributed by atoms with Crippen LogP contribution in [0.4, 0.5) is 0 Å². The fourth-order valence-electron chi connectivity index (χ4n) is 2.24. The van der Waals surface area contributed by atoms with Crippen LogP contribution in [0.3, 0.4) is 0 Å². The summed E-state index contributed by atoms with van der Waals surface area (Å²) in [5.41, 5.74) is 10.7. The lowest BCUT2D eigenvalue weighted by atomic mass is 9.98. The van der Waals surface area contributed by atoms with E-state index in [0.29, 0.717) is 6.54 Å². The maximum Gasteiger partial charge on any atom is 0.0342 e. The summed E-state index contributed by atoms with van der Waals surface area (Å²) in [4.78, 5) is 1.30. The van der Waals surface area contributed by atoms with Gasteiger partial charge in [0.1, 0.15) is 0 Å². The molecular weight excluding hydrogens is 250 g/mol. The minimum Gasteiger partial charge on any atom is -0.326 e. The molecule has 1 nitrogen and oxygen atoms in total. The molecule has 0 spiro atoms. The van der Waals surface area contributed by atoms with Crippen molar-refractivity contribution < 1.29 is 0 Å². The van der Waals surface area contributed by atoms with Gasteiger partial charge in [-0.25, -0.2) is 0 Å². The maximum absolute atomic E-state index is 5.80. The van der Waals surface area contributed by atoms with Crippen LogP contribution in [-0.4, -0.2) is 0 Å². The molecule has 1 aromatic heterocycles. The Kier molecular flexibility index (Phi) is 3.45. The first kappa shape index (κ1) is 12.2. The van der Waals surface area contributed by atoms with Gasteiger partial charge in [0.25, 0.3) is 0 Å². The van der Waals surface area contributed by atoms with Gasteiger partial charge in [0.05, 0.1) is 0 Å². The van der Waals surface area contributed by atoms with E-state index in [1.54, 1.807) is 11.3 Å². The molecule has 0 aliphatic rings. The van der Waals surface area contributed by atoms with Crippen LogP contribution < -0.4 is 5.73 Å². The second-order valence-electron chi connectivity index (χ2n) is 4.42. The van der Waals surface area contributed by atoms with Gasteiger partial charge in [0.15, 0.2) is 0 Å². The molecule has 0 bridgehead atoms. The summed E-state index contributed by atoms with van der Waals surface area (Å²) in [6.07, 6.45) is 0. The first-order valence-corrected chi connectivity index (χ1v) is 7.19. The third kappa shape index (κ3) is 2.46. The highest BCUT2D eigenvalue weighted by atomic mass is 32.1. The highest BCUT2D eigenvalue weighted by Crippen LogP contribution is 2.29. The number of nitrogens with two attached hydrogens (primary N) is 1. The van der Waals surface area contributed by atoms with Crippen molar-refractivity contribution in [2.75, 3.05) is 0 Å². The van der Waals surface area contributed by atoms with E-state index in [9.17, 15) is 0 Å². The molecule has 2 N–H and O–H groups in total. The van der Waals surface area contributed by atoms with Crippen molar-refractivity contribution in [3.05, 3.63) is 71.6 Å². The van der Waals surface area contributed by atoms with Crippen LogP contribution in [0.15, 0.2) is 66.0 Å². The Morgan fingerprint density at radius 2 is 1.53 bits per heavy atom. The summed E-state index contributed by atoms with van der Waals surface area (Å²) in [6.45, 7) is 0.572. The van der Waals surface area contributed by atoms with E-state index in [1.807, 2.05) is 6.07 Å². The van der Waals surface area contributed by atoms with Crippen LogP contribution in [0.2, 0.25) is 0 Å². The Morgan fingerprint density at radius 1 is 0.789 bits per heavy atom. The summed E-state index contributed by atoms with van der Waals surface area (Å²) >= 11 is 1.77. The van der Waals surface area contributed by atoms with Gasteiger partial charge in [-0.2, -0.15) is 0 Å². The van der Waals surface area contributed by atoms with Crippen LogP contribution in [0.25, 0.3) is 21.6 Å². The van der Waals surface area contributed by atoms with E-state index in [2.05, 4.69) is 60.0 Å². The fraction of sp³-hybridized carbons (Fsp3) is 0.0588. The van der Waals surface area contributed by atoms with E-state index in [0.717, 1.165) is 0 Å². The molecule has 3 aromatic rings. The van der Waals surface area contributed by atoms with Gasteiger partial charge in [-0.05, 0) is 33.7 Å². The quantitative estimate of drug-likeness (QED) is 0.739. The lowest BCUT2D eigenvalue weighted by molar-refractivity contribution is 1.07. The first-order chi connectivity index (χ1) is 9.38. The first-order valence-electron chi connectivity index (χ1n) is 6.31. The normalized spacial score (nSPS) is 10.6. The van der Waals surface area contributed by atoms with E-state index < -0.39 is 0 Å². The second-order valence-corrected chi connectivity index (χ2v) is 5.36. The van der Waals surface area contributed by atoms with Crippen molar-refractivity contribution in [3.8, 4) is 21.6 Å². The summed E-state index contributed by atoms with van der Waals surface area (Å²) in [7, 11) is 0. The molecule has 0 radical (unpaired) electrons. The Morgan fingerprint density at radius 3 is 2.21 bits per heavy atom. The topological polar surface area (TPSA) is 26.0 Å². The molecule has 2 aromatic carbocycles. The van der Waals surface area contributed by atoms with E-state index in [1.165, 1.54) is 27.1 Å². The molecule has 2 heteroatoms. The Balaban J connectivity index is 1.99. The van der Waals surface area contributed by atoms with E-state index in [-0.39, 0.29) is 0 Å².